The molecular weight excluding hydrogens is 332 g/mol. The van der Waals surface area contributed by atoms with E-state index >= 15 is 0 Å². The number of esters is 1. The molecule has 1 unspecified atom stereocenters. The van der Waals surface area contributed by atoms with Crippen molar-refractivity contribution in [1.29, 1.82) is 0 Å². The second kappa shape index (κ2) is 8.20. The van der Waals surface area contributed by atoms with E-state index in [0.717, 1.165) is 39.1 Å². The summed E-state index contributed by atoms with van der Waals surface area (Å²) in [4.78, 5) is 27.8. The van der Waals surface area contributed by atoms with Gasteiger partial charge in [0.15, 0.2) is 0 Å². The zero-order valence-corrected chi connectivity index (χ0v) is 15.9. The lowest BCUT2D eigenvalue weighted by Crippen LogP contribution is -2.53. The van der Waals surface area contributed by atoms with Crippen LogP contribution in [-0.2, 0) is 27.4 Å². The number of carbonyl (C=O) groups excluding carboxylic acids is 2. The number of aromatic nitrogens is 2. The van der Waals surface area contributed by atoms with Crippen LogP contribution in [0, 0.1) is 5.41 Å². The molecule has 2 saturated heterocycles. The highest BCUT2D eigenvalue weighted by Gasteiger charge is 2.41. The fourth-order valence-corrected chi connectivity index (χ4v) is 4.35. The van der Waals surface area contributed by atoms with Crippen molar-refractivity contribution in [3.63, 3.8) is 0 Å². The summed E-state index contributed by atoms with van der Waals surface area (Å²) in [6.45, 7) is 7.34. The molecule has 1 atom stereocenters. The van der Waals surface area contributed by atoms with Gasteiger partial charge in [0.25, 0.3) is 0 Å². The summed E-state index contributed by atoms with van der Waals surface area (Å²) in [7, 11) is 1.40. The molecule has 1 amide bonds. The van der Waals surface area contributed by atoms with Crippen molar-refractivity contribution in [3.05, 3.63) is 18.0 Å². The van der Waals surface area contributed by atoms with Crippen LogP contribution in [0.2, 0.25) is 0 Å². The van der Waals surface area contributed by atoms with Gasteiger partial charge >= 0.3 is 5.97 Å². The van der Waals surface area contributed by atoms with Gasteiger partial charge in [-0.15, -0.1) is 0 Å². The maximum Gasteiger partial charge on any atom is 0.307 e. The van der Waals surface area contributed by atoms with Crippen molar-refractivity contribution in [2.45, 2.75) is 52.1 Å². The van der Waals surface area contributed by atoms with E-state index in [0.29, 0.717) is 25.3 Å². The molecule has 0 aromatic carbocycles. The minimum absolute atomic E-state index is 0.215. The van der Waals surface area contributed by atoms with Crippen molar-refractivity contribution >= 4 is 11.9 Å². The molecule has 0 N–H and O–H groups in total. The summed E-state index contributed by atoms with van der Waals surface area (Å²) in [6.07, 6.45) is 8.35. The molecule has 144 valence electrons. The largest absolute Gasteiger partial charge is 0.469 e. The average Bonchev–Trinajstić information content (AvgIpc) is 3.09. The summed E-state index contributed by atoms with van der Waals surface area (Å²) in [6, 6.07) is 0. The Balaban J connectivity index is 1.56. The van der Waals surface area contributed by atoms with E-state index in [1.165, 1.54) is 25.5 Å². The van der Waals surface area contributed by atoms with E-state index in [1.807, 2.05) is 22.0 Å². The summed E-state index contributed by atoms with van der Waals surface area (Å²) in [5, 5.41) is 4.36. The van der Waals surface area contributed by atoms with Gasteiger partial charge in [0.1, 0.15) is 0 Å². The van der Waals surface area contributed by atoms with Crippen LogP contribution < -0.4 is 0 Å². The molecule has 1 aromatic rings. The van der Waals surface area contributed by atoms with Crippen LogP contribution in [0.1, 0.15) is 44.6 Å². The number of methoxy groups -OCH3 is 1. The van der Waals surface area contributed by atoms with Crippen molar-refractivity contribution in [2.75, 3.05) is 33.3 Å². The molecule has 26 heavy (non-hydrogen) atoms. The summed E-state index contributed by atoms with van der Waals surface area (Å²) in [5.74, 6) is 0.0921. The second-order valence-corrected chi connectivity index (χ2v) is 7.66. The minimum atomic E-state index is -0.215. The Hall–Kier alpha value is -1.89. The van der Waals surface area contributed by atoms with E-state index in [9.17, 15) is 9.59 Å². The molecule has 1 aromatic heterocycles. The molecule has 0 aliphatic carbocycles. The molecule has 0 saturated carbocycles. The lowest BCUT2D eigenvalue weighted by Gasteiger charge is -2.48. The van der Waals surface area contributed by atoms with Gasteiger partial charge in [-0.05, 0) is 32.7 Å². The SMILES string of the molecule is CCN1CC2(CCCN(Cc3cnn(CCC(=O)OC)c3)C2)CCC1=O. The van der Waals surface area contributed by atoms with E-state index in [2.05, 4.69) is 21.7 Å². The molecular formula is C19H30N4O3. The number of likely N-dealkylation sites (tertiary alicyclic amines) is 2. The molecule has 2 fully saturated rings. The van der Waals surface area contributed by atoms with Crippen molar-refractivity contribution in [1.82, 2.24) is 19.6 Å². The highest BCUT2D eigenvalue weighted by molar-refractivity contribution is 5.77. The summed E-state index contributed by atoms with van der Waals surface area (Å²) < 4.78 is 6.48. The fourth-order valence-electron chi connectivity index (χ4n) is 4.35. The minimum Gasteiger partial charge on any atom is -0.469 e. The first kappa shape index (κ1) is 18.9. The number of hydrogen-bond acceptors (Lipinski definition) is 5. The van der Waals surface area contributed by atoms with E-state index in [1.54, 1.807) is 0 Å². The summed E-state index contributed by atoms with van der Waals surface area (Å²) in [5.41, 5.74) is 1.43. The Morgan fingerprint density at radius 2 is 2.19 bits per heavy atom. The van der Waals surface area contributed by atoms with Gasteiger partial charge in [0, 0.05) is 49.8 Å². The van der Waals surface area contributed by atoms with Gasteiger partial charge in [0.05, 0.1) is 26.3 Å². The van der Waals surface area contributed by atoms with Crippen LogP contribution in [0.5, 0.6) is 0 Å². The second-order valence-electron chi connectivity index (χ2n) is 7.66. The first-order valence-electron chi connectivity index (χ1n) is 9.62. The first-order valence-corrected chi connectivity index (χ1v) is 9.62. The molecule has 7 nitrogen and oxygen atoms in total. The van der Waals surface area contributed by atoms with E-state index in [-0.39, 0.29) is 11.4 Å². The lowest BCUT2D eigenvalue weighted by molar-refractivity contribution is -0.141. The number of ether oxygens (including phenoxy) is 1. The van der Waals surface area contributed by atoms with Crippen molar-refractivity contribution in [3.8, 4) is 0 Å². The molecule has 2 aliphatic heterocycles. The van der Waals surface area contributed by atoms with Crippen LogP contribution in [0.4, 0.5) is 0 Å². The maximum absolute atomic E-state index is 12.0. The normalized spacial score (nSPS) is 24.2. The van der Waals surface area contributed by atoms with Gasteiger partial charge in [-0.25, -0.2) is 0 Å². The van der Waals surface area contributed by atoms with Gasteiger partial charge in [0.2, 0.25) is 5.91 Å². The molecule has 2 aliphatic rings. The first-order chi connectivity index (χ1) is 12.5. The summed E-state index contributed by atoms with van der Waals surface area (Å²) >= 11 is 0. The highest BCUT2D eigenvalue weighted by atomic mass is 16.5. The van der Waals surface area contributed by atoms with Gasteiger partial charge in [-0.1, -0.05) is 0 Å². The quantitative estimate of drug-likeness (QED) is 0.720. The lowest BCUT2D eigenvalue weighted by atomic mass is 9.73. The monoisotopic (exact) mass is 362 g/mol. The predicted molar refractivity (Wildman–Crippen MR) is 97.3 cm³/mol. The number of amides is 1. The van der Waals surface area contributed by atoms with Crippen LogP contribution in [-0.4, -0.2) is 64.7 Å². The van der Waals surface area contributed by atoms with Crippen LogP contribution >= 0.6 is 0 Å². The molecule has 3 heterocycles. The van der Waals surface area contributed by atoms with Gasteiger partial charge in [-0.3, -0.25) is 19.2 Å². The average molecular weight is 362 g/mol. The topological polar surface area (TPSA) is 67.7 Å². The third-order valence-corrected chi connectivity index (χ3v) is 5.74. The fraction of sp³-hybridized carbons (Fsp3) is 0.737. The molecule has 7 heteroatoms. The van der Waals surface area contributed by atoms with Gasteiger partial charge < -0.3 is 9.64 Å². The maximum atomic E-state index is 12.0. The zero-order valence-electron chi connectivity index (χ0n) is 15.9. The smallest absolute Gasteiger partial charge is 0.307 e. The predicted octanol–water partition coefficient (Wildman–Crippen LogP) is 1.67. The number of aryl methyl sites for hydroxylation is 1. The zero-order chi connectivity index (χ0) is 18.6. The van der Waals surface area contributed by atoms with Crippen LogP contribution in [0.15, 0.2) is 12.4 Å². The van der Waals surface area contributed by atoms with Crippen molar-refractivity contribution in [2.24, 2.45) is 5.41 Å². The van der Waals surface area contributed by atoms with E-state index < -0.39 is 0 Å². The number of piperidine rings is 2. The Labute approximate surface area is 155 Å². The third-order valence-electron chi connectivity index (χ3n) is 5.74. The van der Waals surface area contributed by atoms with E-state index in [4.69, 9.17) is 0 Å². The van der Waals surface area contributed by atoms with Gasteiger partial charge in [-0.2, -0.15) is 5.10 Å². The molecule has 1 spiro atoms. The molecule has 0 bridgehead atoms. The standard InChI is InChI=1S/C19H30N4O3/c1-3-22-15-19(8-5-17(22)24)7-4-9-21(14-19)12-16-11-20-23(13-16)10-6-18(25)26-2/h11,13H,3-10,12,14-15H2,1-2H3. The Kier molecular flexibility index (Phi) is 5.96. The third kappa shape index (κ3) is 4.44. The highest BCUT2D eigenvalue weighted by Crippen LogP contribution is 2.39. The molecule has 3 rings (SSSR count). The number of hydrogen-bond donors (Lipinski definition) is 0. The Morgan fingerprint density at radius 1 is 1.35 bits per heavy atom. The Bertz CT molecular complexity index is 644. The van der Waals surface area contributed by atoms with Crippen LogP contribution in [0.25, 0.3) is 0 Å². The number of rotatable bonds is 6. The van der Waals surface area contributed by atoms with Crippen LogP contribution in [0.3, 0.4) is 0 Å². The van der Waals surface area contributed by atoms with Crippen molar-refractivity contribution < 1.29 is 14.3 Å². The number of carbonyl (C=O) groups is 2. The molecule has 0 radical (unpaired) electrons. The Morgan fingerprint density at radius 3 is 2.96 bits per heavy atom. The number of nitrogens with zero attached hydrogens (tertiary/aromatic N) is 4.